The van der Waals surface area contributed by atoms with Gasteiger partial charge in [-0.15, -0.1) is 0 Å². The smallest absolute Gasteiger partial charge is 0.245 e. The van der Waals surface area contributed by atoms with Crippen LogP contribution in [-0.4, -0.2) is 20.1 Å². The number of carbonyl (C=O) groups excluding carboxylic acids is 1. The zero-order chi connectivity index (χ0) is 4.99. The molecule has 3 nitrogen and oxygen atoms in total. The maximum atomic E-state index is 9.85. The van der Waals surface area contributed by atoms with Gasteiger partial charge in [0.2, 0.25) is 0 Å². The van der Waals surface area contributed by atoms with E-state index in [1.165, 1.54) is 14.1 Å². The number of hydrogen-bond donors (Lipinski definition) is 0. The Morgan fingerprint density at radius 2 is 1.67 bits per heavy atom. The van der Waals surface area contributed by atoms with E-state index < -0.39 is 6.03 Å². The topological polar surface area (TPSA) is 45.3 Å². The first-order valence-corrected chi connectivity index (χ1v) is 1.55. The highest BCUT2D eigenvalue weighted by atomic mass is 16.2. The molecule has 0 bridgehead atoms. The summed E-state index contributed by atoms with van der Waals surface area (Å²) in [5.74, 6) is 0. The largest absolute Gasteiger partial charge is 0.357 e. The maximum Gasteiger partial charge on any atom is 0.357 e. The Morgan fingerprint density at radius 1 is 1.33 bits per heavy atom. The summed E-state index contributed by atoms with van der Waals surface area (Å²) < 4.78 is 0. The van der Waals surface area contributed by atoms with E-state index in [9.17, 15) is 4.79 Å². The molecule has 0 spiro atoms. The number of hydrogen-bond acceptors (Lipinski definition) is 1. The summed E-state index contributed by atoms with van der Waals surface area (Å²) in [5, 5.41) is 6.40. The average molecular weight is 86.1 g/mol. The predicted molar refractivity (Wildman–Crippen MR) is 21.5 cm³/mol. The molecule has 0 aromatic carbocycles. The Morgan fingerprint density at radius 3 is 1.67 bits per heavy atom. The quantitative estimate of drug-likeness (QED) is 0.394. The van der Waals surface area contributed by atoms with E-state index in [1.54, 1.807) is 0 Å². The van der Waals surface area contributed by atoms with Crippen LogP contribution in [0.1, 0.15) is 0 Å². The molecule has 0 unspecified atom stereocenters. The third kappa shape index (κ3) is 1.58. The number of amides is 2. The zero-order valence-corrected chi connectivity index (χ0v) is 3.80. The second-order valence-electron chi connectivity index (χ2n) is 0.730. The highest BCUT2D eigenvalue weighted by Crippen LogP contribution is 1.56. The molecule has 0 aliphatic carbocycles. The molecular weight excluding hydrogens is 80.0 g/mol. The van der Waals surface area contributed by atoms with Crippen LogP contribution < -0.4 is 10.6 Å². The van der Waals surface area contributed by atoms with E-state index in [-0.39, 0.29) is 0 Å². The number of rotatable bonds is 0. The van der Waals surface area contributed by atoms with Crippen molar-refractivity contribution in [2.75, 3.05) is 14.1 Å². The van der Waals surface area contributed by atoms with Gasteiger partial charge in [0.05, 0.1) is 0 Å². The van der Waals surface area contributed by atoms with Gasteiger partial charge in [0, 0.05) is 14.1 Å². The van der Waals surface area contributed by atoms with E-state index in [1.807, 2.05) is 0 Å². The minimum Gasteiger partial charge on any atom is -0.245 e. The Balaban J connectivity index is 2.99. The predicted octanol–water partition coefficient (Wildman–Crippen LogP) is -0.425. The summed E-state index contributed by atoms with van der Waals surface area (Å²) in [4.78, 5) is 9.85. The average Bonchev–Trinajstić information content (AvgIpc) is 1.65. The van der Waals surface area contributed by atoms with E-state index >= 15 is 0 Å². The molecule has 0 N–H and O–H groups in total. The molecule has 0 aliphatic rings. The Hall–Kier alpha value is -0.730. The van der Waals surface area contributed by atoms with Crippen LogP contribution >= 0.6 is 0 Å². The van der Waals surface area contributed by atoms with Crippen molar-refractivity contribution in [1.82, 2.24) is 10.6 Å². The summed E-state index contributed by atoms with van der Waals surface area (Å²) >= 11 is 0. The van der Waals surface area contributed by atoms with Crippen molar-refractivity contribution in [3.8, 4) is 0 Å². The summed E-state index contributed by atoms with van der Waals surface area (Å²) in [6.45, 7) is 0. The molecule has 0 saturated heterocycles. The lowest BCUT2D eigenvalue weighted by Crippen LogP contribution is -2.17. The molecule has 3 heteroatoms. The molecule has 0 heterocycles. The van der Waals surface area contributed by atoms with Gasteiger partial charge in [-0.2, -0.15) is 0 Å². The van der Waals surface area contributed by atoms with E-state index in [4.69, 9.17) is 0 Å². The summed E-state index contributed by atoms with van der Waals surface area (Å²) in [7, 11) is 2.82. The van der Waals surface area contributed by atoms with Crippen LogP contribution in [0.2, 0.25) is 0 Å². The minimum atomic E-state index is -0.407. The van der Waals surface area contributed by atoms with Crippen LogP contribution in [-0.2, 0) is 0 Å². The van der Waals surface area contributed by atoms with Crippen LogP contribution in [0.3, 0.4) is 0 Å². The lowest BCUT2D eigenvalue weighted by atomic mass is 11.0. The van der Waals surface area contributed by atoms with Gasteiger partial charge in [0.1, 0.15) is 0 Å². The molecule has 0 aliphatic heterocycles. The van der Waals surface area contributed by atoms with Crippen LogP contribution in [0.5, 0.6) is 0 Å². The molecule has 0 aromatic rings. The van der Waals surface area contributed by atoms with Crippen LogP contribution in [0.4, 0.5) is 4.79 Å². The normalized spacial score (nSPS) is 7.00. The SMILES string of the molecule is C[N]C(=O)[N]C. The van der Waals surface area contributed by atoms with Crippen molar-refractivity contribution in [3.05, 3.63) is 0 Å². The Bertz CT molecular complexity index is 46.8. The molecule has 2 radical (unpaired) electrons. The Labute approximate surface area is 36.7 Å². The summed E-state index contributed by atoms with van der Waals surface area (Å²) in [5.41, 5.74) is 0. The first-order chi connectivity index (χ1) is 2.81. The lowest BCUT2D eigenvalue weighted by molar-refractivity contribution is 0.243. The van der Waals surface area contributed by atoms with Crippen LogP contribution in [0.25, 0.3) is 0 Å². The van der Waals surface area contributed by atoms with E-state index in [2.05, 4.69) is 10.6 Å². The van der Waals surface area contributed by atoms with Gasteiger partial charge in [-0.1, -0.05) is 0 Å². The fourth-order valence-corrected chi connectivity index (χ4v) is 0.100. The van der Waals surface area contributed by atoms with Gasteiger partial charge < -0.3 is 0 Å². The molecule has 0 atom stereocenters. The third-order valence-electron chi connectivity index (χ3n) is 0.383. The maximum absolute atomic E-state index is 9.85. The minimum absolute atomic E-state index is 0.407. The monoisotopic (exact) mass is 86.0 g/mol. The first-order valence-electron chi connectivity index (χ1n) is 1.55. The highest BCUT2D eigenvalue weighted by Gasteiger charge is 1.87. The molecule has 2 amide bonds. The fourth-order valence-electron chi connectivity index (χ4n) is 0.100. The first kappa shape index (κ1) is 5.27. The second-order valence-corrected chi connectivity index (χ2v) is 0.730. The van der Waals surface area contributed by atoms with Gasteiger partial charge in [-0.25, -0.2) is 15.4 Å². The summed E-state index contributed by atoms with van der Waals surface area (Å²) in [6, 6.07) is -0.407. The Kier molecular flexibility index (Phi) is 2.20. The fraction of sp³-hybridized carbons (Fsp3) is 0.667. The molecule has 34 valence electrons. The van der Waals surface area contributed by atoms with E-state index in [0.717, 1.165) is 0 Å². The molecular formula is C3H6N2O. The molecule has 6 heavy (non-hydrogen) atoms. The van der Waals surface area contributed by atoms with Gasteiger partial charge in [0.25, 0.3) is 0 Å². The van der Waals surface area contributed by atoms with E-state index in [0.29, 0.717) is 0 Å². The van der Waals surface area contributed by atoms with Crippen molar-refractivity contribution in [2.24, 2.45) is 0 Å². The molecule has 0 aromatic heterocycles. The van der Waals surface area contributed by atoms with Crippen molar-refractivity contribution in [1.29, 1.82) is 0 Å². The van der Waals surface area contributed by atoms with Crippen LogP contribution in [0, 0.1) is 0 Å². The van der Waals surface area contributed by atoms with Crippen molar-refractivity contribution in [2.45, 2.75) is 0 Å². The molecule has 0 fully saturated rings. The third-order valence-corrected chi connectivity index (χ3v) is 0.383. The van der Waals surface area contributed by atoms with Gasteiger partial charge in [0.15, 0.2) is 0 Å². The summed E-state index contributed by atoms with van der Waals surface area (Å²) in [6.07, 6.45) is 0. The highest BCUT2D eigenvalue weighted by molar-refractivity contribution is 5.72. The van der Waals surface area contributed by atoms with Gasteiger partial charge in [-0.05, 0) is 0 Å². The molecule has 0 saturated carbocycles. The second kappa shape index (κ2) is 2.50. The number of carbonyl (C=O) groups is 1. The van der Waals surface area contributed by atoms with Crippen molar-refractivity contribution in [3.63, 3.8) is 0 Å². The zero-order valence-electron chi connectivity index (χ0n) is 3.80. The lowest BCUT2D eigenvalue weighted by Gasteiger charge is -1.83. The molecule has 0 rings (SSSR count). The number of urea groups is 1. The van der Waals surface area contributed by atoms with Crippen LogP contribution in [0.15, 0.2) is 0 Å². The van der Waals surface area contributed by atoms with Gasteiger partial charge in [-0.3, -0.25) is 0 Å². The number of nitrogens with zero attached hydrogens (tertiary/aromatic N) is 2. The van der Waals surface area contributed by atoms with Crippen molar-refractivity contribution >= 4 is 6.03 Å². The van der Waals surface area contributed by atoms with Crippen molar-refractivity contribution < 1.29 is 4.79 Å². The standard InChI is InChI=1S/C3H6N2O/c1-4-3(6)5-2/h1-2H3. The van der Waals surface area contributed by atoms with Gasteiger partial charge >= 0.3 is 6.03 Å².